The Hall–Kier alpha value is -3.53. The molecular weight excluding hydrogens is 425 g/mol. The fourth-order valence-electron chi connectivity index (χ4n) is 3.40. The van der Waals surface area contributed by atoms with E-state index in [4.69, 9.17) is 9.47 Å². The molecule has 1 amide bonds. The Kier molecular flexibility index (Phi) is 6.04. The third-order valence-electron chi connectivity index (χ3n) is 5.09. The minimum absolute atomic E-state index is 0.00815. The predicted molar refractivity (Wildman–Crippen MR) is 113 cm³/mol. The van der Waals surface area contributed by atoms with Crippen molar-refractivity contribution in [2.75, 3.05) is 43.6 Å². The molecule has 0 radical (unpaired) electrons. The summed E-state index contributed by atoms with van der Waals surface area (Å²) in [5, 5.41) is 6.52. The Bertz CT molecular complexity index is 1090. The number of rotatable bonds is 5. The maximum absolute atomic E-state index is 13.7. The standard InChI is InChI=1S/C22H21F3N4O3/c1-31-17-5-2-15(3-6-17)29-9-8-20(27-29)21(30)26-19-7-4-16(14-18(19)22(23,24)25)28-10-12-32-13-11-28/h2-9,14H,10-13H2,1H3,(H,26,30). The first-order valence-corrected chi connectivity index (χ1v) is 9.90. The van der Waals surface area contributed by atoms with Gasteiger partial charge >= 0.3 is 6.18 Å². The number of hydrogen-bond acceptors (Lipinski definition) is 5. The average molecular weight is 446 g/mol. The first-order valence-electron chi connectivity index (χ1n) is 9.90. The molecule has 1 aliphatic heterocycles. The van der Waals surface area contributed by atoms with E-state index in [1.165, 1.54) is 16.8 Å². The Balaban J connectivity index is 1.55. The van der Waals surface area contributed by atoms with E-state index >= 15 is 0 Å². The average Bonchev–Trinajstić information content (AvgIpc) is 3.30. The van der Waals surface area contributed by atoms with Crippen molar-refractivity contribution in [1.29, 1.82) is 0 Å². The molecule has 0 bridgehead atoms. The minimum Gasteiger partial charge on any atom is -0.497 e. The summed E-state index contributed by atoms with van der Waals surface area (Å²) < 4.78 is 53.0. The fourth-order valence-corrected chi connectivity index (χ4v) is 3.40. The highest BCUT2D eigenvalue weighted by Crippen LogP contribution is 2.37. The molecule has 1 aliphatic rings. The Labute approximate surface area is 182 Å². The molecule has 1 fully saturated rings. The van der Waals surface area contributed by atoms with Gasteiger partial charge in [0.1, 0.15) is 5.75 Å². The fraction of sp³-hybridized carbons (Fsp3) is 0.273. The van der Waals surface area contributed by atoms with Crippen LogP contribution in [-0.2, 0) is 10.9 Å². The summed E-state index contributed by atoms with van der Waals surface area (Å²) in [6.45, 7) is 1.92. The highest BCUT2D eigenvalue weighted by atomic mass is 19.4. The molecule has 2 aromatic carbocycles. The number of nitrogens with one attached hydrogen (secondary N) is 1. The largest absolute Gasteiger partial charge is 0.497 e. The monoisotopic (exact) mass is 446 g/mol. The van der Waals surface area contributed by atoms with Crippen LogP contribution in [-0.4, -0.2) is 49.1 Å². The molecule has 0 unspecified atom stereocenters. The molecule has 0 aliphatic carbocycles. The third-order valence-corrected chi connectivity index (χ3v) is 5.09. The lowest BCUT2D eigenvalue weighted by molar-refractivity contribution is -0.136. The number of nitrogens with zero attached hydrogens (tertiary/aromatic N) is 3. The number of ether oxygens (including phenoxy) is 2. The van der Waals surface area contributed by atoms with Crippen LogP contribution in [0.15, 0.2) is 54.7 Å². The van der Waals surface area contributed by atoms with Crippen LogP contribution in [0.3, 0.4) is 0 Å². The third kappa shape index (κ3) is 4.70. The number of aromatic nitrogens is 2. The maximum Gasteiger partial charge on any atom is 0.418 e. The van der Waals surface area contributed by atoms with Crippen molar-refractivity contribution < 1.29 is 27.4 Å². The number of alkyl halides is 3. The molecule has 1 N–H and O–H groups in total. The van der Waals surface area contributed by atoms with Crippen LogP contribution in [0.25, 0.3) is 5.69 Å². The van der Waals surface area contributed by atoms with Gasteiger partial charge < -0.3 is 19.7 Å². The summed E-state index contributed by atoms with van der Waals surface area (Å²) in [5.41, 5.74) is -0.132. The van der Waals surface area contributed by atoms with Gasteiger partial charge in [0.2, 0.25) is 0 Å². The van der Waals surface area contributed by atoms with Crippen molar-refractivity contribution in [1.82, 2.24) is 9.78 Å². The van der Waals surface area contributed by atoms with Crippen LogP contribution in [0.1, 0.15) is 16.1 Å². The van der Waals surface area contributed by atoms with Gasteiger partial charge in [0.15, 0.2) is 5.69 Å². The summed E-state index contributed by atoms with van der Waals surface area (Å²) in [6.07, 6.45) is -3.07. The molecule has 0 saturated carbocycles. The van der Waals surface area contributed by atoms with Gasteiger partial charge in [0.05, 0.1) is 37.3 Å². The normalized spacial score (nSPS) is 14.3. The number of methoxy groups -OCH3 is 1. The first kappa shape index (κ1) is 21.7. The van der Waals surface area contributed by atoms with Gasteiger partial charge in [-0.25, -0.2) is 4.68 Å². The second-order valence-electron chi connectivity index (χ2n) is 7.12. The van der Waals surface area contributed by atoms with Gasteiger partial charge in [-0.05, 0) is 48.5 Å². The van der Waals surface area contributed by atoms with E-state index in [0.29, 0.717) is 43.4 Å². The van der Waals surface area contributed by atoms with Gasteiger partial charge in [0.25, 0.3) is 5.91 Å². The number of benzene rings is 2. The zero-order chi connectivity index (χ0) is 22.7. The van der Waals surface area contributed by atoms with Crippen LogP contribution in [0.4, 0.5) is 24.5 Å². The Morgan fingerprint density at radius 2 is 1.75 bits per heavy atom. The van der Waals surface area contributed by atoms with Gasteiger partial charge in [0, 0.05) is 25.0 Å². The van der Waals surface area contributed by atoms with Crippen LogP contribution in [0.2, 0.25) is 0 Å². The van der Waals surface area contributed by atoms with Crippen molar-refractivity contribution in [2.45, 2.75) is 6.18 Å². The number of amides is 1. The quantitative estimate of drug-likeness (QED) is 0.642. The zero-order valence-corrected chi connectivity index (χ0v) is 17.2. The number of anilines is 2. The SMILES string of the molecule is COc1ccc(-n2ccc(C(=O)Nc3ccc(N4CCOCC4)cc3C(F)(F)F)n2)cc1. The van der Waals surface area contributed by atoms with Crippen molar-refractivity contribution in [2.24, 2.45) is 0 Å². The van der Waals surface area contributed by atoms with Gasteiger partial charge in [-0.15, -0.1) is 0 Å². The molecular formula is C22H21F3N4O3. The van der Waals surface area contributed by atoms with Crippen LogP contribution >= 0.6 is 0 Å². The van der Waals surface area contributed by atoms with Crippen molar-refractivity contribution >= 4 is 17.3 Å². The zero-order valence-electron chi connectivity index (χ0n) is 17.2. The van der Waals surface area contributed by atoms with E-state index in [9.17, 15) is 18.0 Å². The number of morpholine rings is 1. The summed E-state index contributed by atoms with van der Waals surface area (Å²) in [4.78, 5) is 14.4. The van der Waals surface area contributed by atoms with Crippen molar-refractivity contribution in [3.63, 3.8) is 0 Å². The van der Waals surface area contributed by atoms with E-state index in [0.717, 1.165) is 6.07 Å². The highest BCUT2D eigenvalue weighted by molar-refractivity contribution is 6.03. The van der Waals surface area contributed by atoms with E-state index in [1.807, 2.05) is 4.90 Å². The van der Waals surface area contributed by atoms with Crippen molar-refractivity contribution in [3.05, 3.63) is 66.0 Å². The lowest BCUT2D eigenvalue weighted by Crippen LogP contribution is -2.36. The van der Waals surface area contributed by atoms with Gasteiger partial charge in [-0.3, -0.25) is 4.79 Å². The summed E-state index contributed by atoms with van der Waals surface area (Å²) in [7, 11) is 1.55. The molecule has 1 aromatic heterocycles. The number of carbonyl (C=O) groups excluding carboxylic acids is 1. The molecule has 2 heterocycles. The van der Waals surface area contributed by atoms with Crippen LogP contribution in [0.5, 0.6) is 5.75 Å². The number of carbonyl (C=O) groups is 1. The molecule has 0 atom stereocenters. The molecule has 1 saturated heterocycles. The minimum atomic E-state index is -4.63. The Morgan fingerprint density at radius 1 is 1.06 bits per heavy atom. The molecule has 32 heavy (non-hydrogen) atoms. The molecule has 168 valence electrons. The second kappa shape index (κ2) is 8.91. The second-order valence-corrected chi connectivity index (χ2v) is 7.12. The topological polar surface area (TPSA) is 68.6 Å². The molecule has 4 rings (SSSR count). The molecule has 0 spiro atoms. The number of halogens is 3. The van der Waals surface area contributed by atoms with Gasteiger partial charge in [-0.2, -0.15) is 18.3 Å². The summed E-state index contributed by atoms with van der Waals surface area (Å²) >= 11 is 0. The Morgan fingerprint density at radius 3 is 2.41 bits per heavy atom. The first-order chi connectivity index (χ1) is 15.3. The van der Waals surface area contributed by atoms with Crippen molar-refractivity contribution in [3.8, 4) is 11.4 Å². The lowest BCUT2D eigenvalue weighted by atomic mass is 10.1. The van der Waals surface area contributed by atoms with Crippen LogP contribution in [0, 0.1) is 0 Å². The highest BCUT2D eigenvalue weighted by Gasteiger charge is 2.35. The van der Waals surface area contributed by atoms with Crippen LogP contribution < -0.4 is 15.0 Å². The lowest BCUT2D eigenvalue weighted by Gasteiger charge is -2.29. The van der Waals surface area contributed by atoms with E-state index < -0.39 is 17.6 Å². The molecule has 7 nitrogen and oxygen atoms in total. The summed E-state index contributed by atoms with van der Waals surface area (Å²) in [6, 6.07) is 12.3. The van der Waals surface area contributed by atoms with Gasteiger partial charge in [-0.1, -0.05) is 0 Å². The predicted octanol–water partition coefficient (Wildman–Crippen LogP) is 3.99. The molecule has 10 heteroatoms. The number of hydrogen-bond donors (Lipinski definition) is 1. The molecule has 3 aromatic rings. The van der Waals surface area contributed by atoms with E-state index in [1.54, 1.807) is 43.6 Å². The summed E-state index contributed by atoms with van der Waals surface area (Å²) in [5.74, 6) is -0.0686. The van der Waals surface area contributed by atoms with E-state index in [-0.39, 0.29) is 11.4 Å². The van der Waals surface area contributed by atoms with E-state index in [2.05, 4.69) is 10.4 Å². The smallest absolute Gasteiger partial charge is 0.418 e. The maximum atomic E-state index is 13.7.